The van der Waals surface area contributed by atoms with Gasteiger partial charge in [-0.3, -0.25) is 24.2 Å². The number of phenols is 1. The molecule has 1 aliphatic heterocycles. The third-order valence-corrected chi connectivity index (χ3v) is 9.45. The van der Waals surface area contributed by atoms with E-state index in [-0.39, 0.29) is 49.8 Å². The van der Waals surface area contributed by atoms with Crippen molar-refractivity contribution in [2.75, 3.05) is 12.1 Å². The fourth-order valence-corrected chi connectivity index (χ4v) is 7.36. The quantitative estimate of drug-likeness (QED) is 0.241. The van der Waals surface area contributed by atoms with E-state index in [4.69, 9.17) is 23.2 Å². The molecule has 222 valence electrons. The first-order valence-corrected chi connectivity index (χ1v) is 14.5. The third-order valence-electron chi connectivity index (χ3n) is 8.33. The Hall–Kier alpha value is -3.48. The highest BCUT2D eigenvalue weighted by atomic mass is 79.9. The highest BCUT2D eigenvalue weighted by molar-refractivity contribution is 9.12. The van der Waals surface area contributed by atoms with E-state index < -0.39 is 64.7 Å². The number of carbonyl (C=O) groups is 4. The average Bonchev–Trinajstić information content (AvgIpc) is 3.20. The summed E-state index contributed by atoms with van der Waals surface area (Å²) in [6, 6.07) is 5.98. The maximum absolute atomic E-state index is 14.0. The molecule has 4 atom stereocenters. The molecule has 1 fully saturated rings. The maximum Gasteiger partial charge on any atom is 0.433 e. The van der Waals surface area contributed by atoms with Crippen LogP contribution in [-0.4, -0.2) is 45.5 Å². The monoisotopic (exact) mass is 695 g/mol. The van der Waals surface area contributed by atoms with Gasteiger partial charge in [0.2, 0.25) is 0 Å². The molecule has 43 heavy (non-hydrogen) atoms. The van der Waals surface area contributed by atoms with Crippen LogP contribution < -0.4 is 5.01 Å². The molecule has 0 radical (unpaired) electrons. The van der Waals surface area contributed by atoms with Crippen molar-refractivity contribution in [3.8, 4) is 5.75 Å². The molecule has 4 aliphatic rings. The fraction of sp³-hybridized carbons (Fsp3) is 0.276. The highest BCUT2D eigenvalue weighted by Gasteiger charge is 2.58. The maximum atomic E-state index is 14.0. The largest absolute Gasteiger partial charge is 0.508 e. The average molecular weight is 697 g/mol. The number of pyridine rings is 1. The van der Waals surface area contributed by atoms with Gasteiger partial charge in [-0.15, -0.1) is 0 Å². The lowest BCUT2D eigenvalue weighted by atomic mass is 9.59. The van der Waals surface area contributed by atoms with Gasteiger partial charge in [0.25, 0.3) is 11.8 Å². The van der Waals surface area contributed by atoms with Crippen molar-refractivity contribution in [2.24, 2.45) is 17.8 Å². The van der Waals surface area contributed by atoms with Crippen LogP contribution in [0.15, 0.2) is 63.7 Å². The number of phenolic OH excluding ortho intramolecular Hbond substituents is 1. The van der Waals surface area contributed by atoms with E-state index in [0.717, 1.165) is 22.2 Å². The molecule has 2 aromatic rings. The number of fused-ring (bicyclic) bond motifs is 3. The van der Waals surface area contributed by atoms with Crippen molar-refractivity contribution in [1.82, 2.24) is 9.99 Å². The number of anilines is 1. The van der Waals surface area contributed by atoms with Gasteiger partial charge in [-0.1, -0.05) is 34.9 Å². The number of carbonyl (C=O) groups excluding carboxylic acids is 4. The number of rotatable bonds is 3. The van der Waals surface area contributed by atoms with Gasteiger partial charge in [-0.05, 0) is 65.0 Å². The topological polar surface area (TPSA) is 108 Å². The van der Waals surface area contributed by atoms with Crippen LogP contribution in [0.25, 0.3) is 0 Å². The van der Waals surface area contributed by atoms with E-state index in [2.05, 4.69) is 20.9 Å². The Labute approximate surface area is 260 Å². The Bertz CT molecular complexity index is 1750. The zero-order valence-corrected chi connectivity index (χ0v) is 25.1. The minimum atomic E-state index is -4.80. The third kappa shape index (κ3) is 4.61. The predicted octanol–water partition coefficient (Wildman–Crippen LogP) is 5.93. The van der Waals surface area contributed by atoms with Crippen molar-refractivity contribution in [1.29, 1.82) is 0 Å². The lowest BCUT2D eigenvalue weighted by molar-refractivity contribution is -0.141. The molecule has 6 rings (SSSR count). The van der Waals surface area contributed by atoms with Crippen LogP contribution in [0.5, 0.6) is 5.75 Å². The van der Waals surface area contributed by atoms with E-state index in [1.807, 2.05) is 0 Å². The second-order valence-corrected chi connectivity index (χ2v) is 12.3. The molecule has 0 spiro atoms. The number of hydrazine groups is 1. The summed E-state index contributed by atoms with van der Waals surface area (Å²) in [6.45, 7) is 0. The normalized spacial score (nSPS) is 25.3. The first-order chi connectivity index (χ1) is 20.2. The van der Waals surface area contributed by atoms with Gasteiger partial charge >= 0.3 is 6.18 Å². The second kappa shape index (κ2) is 10.3. The predicted molar refractivity (Wildman–Crippen MR) is 152 cm³/mol. The number of aromatic hydroxyl groups is 1. The molecule has 1 N–H and O–H groups in total. The van der Waals surface area contributed by atoms with Gasteiger partial charge in [0.05, 0.1) is 21.3 Å². The van der Waals surface area contributed by atoms with Crippen molar-refractivity contribution in [3.63, 3.8) is 0 Å². The smallest absolute Gasteiger partial charge is 0.433 e. The molecule has 2 amide bonds. The Morgan fingerprint density at radius 1 is 1.07 bits per heavy atom. The minimum Gasteiger partial charge on any atom is -0.508 e. The number of nitrogens with zero attached hydrogens (tertiary/aromatic N) is 3. The summed E-state index contributed by atoms with van der Waals surface area (Å²) in [7, 11) is 1.22. The number of amides is 2. The van der Waals surface area contributed by atoms with Crippen molar-refractivity contribution >= 4 is 68.3 Å². The van der Waals surface area contributed by atoms with Crippen molar-refractivity contribution < 1.29 is 37.5 Å². The van der Waals surface area contributed by atoms with Crippen LogP contribution in [0.1, 0.15) is 30.0 Å². The van der Waals surface area contributed by atoms with Gasteiger partial charge in [0.1, 0.15) is 11.4 Å². The van der Waals surface area contributed by atoms with Crippen molar-refractivity contribution in [3.05, 3.63) is 85.0 Å². The summed E-state index contributed by atoms with van der Waals surface area (Å²) in [6.07, 6.45) is -1.89. The van der Waals surface area contributed by atoms with Crippen LogP contribution in [-0.2, 0) is 25.4 Å². The zero-order valence-electron chi connectivity index (χ0n) is 22.0. The van der Waals surface area contributed by atoms with Crippen LogP contribution in [0.3, 0.4) is 0 Å². The molecule has 0 saturated carbocycles. The first kappa shape index (κ1) is 29.6. The van der Waals surface area contributed by atoms with E-state index in [9.17, 15) is 37.5 Å². The summed E-state index contributed by atoms with van der Waals surface area (Å²) < 4.78 is 40.2. The number of ketones is 2. The van der Waals surface area contributed by atoms with Crippen LogP contribution in [0.4, 0.5) is 19.0 Å². The van der Waals surface area contributed by atoms with E-state index in [0.29, 0.717) is 11.6 Å². The Balaban J connectivity index is 1.45. The Morgan fingerprint density at radius 2 is 1.79 bits per heavy atom. The Kier molecular flexibility index (Phi) is 7.09. The molecule has 1 saturated heterocycles. The molecular formula is C29H19BrCl2F3N3O5. The molecule has 8 nitrogen and oxygen atoms in total. The highest BCUT2D eigenvalue weighted by Crippen LogP contribution is 2.56. The Morgan fingerprint density at radius 3 is 2.49 bits per heavy atom. The molecule has 0 bridgehead atoms. The first-order valence-electron chi connectivity index (χ1n) is 12.9. The van der Waals surface area contributed by atoms with Gasteiger partial charge in [0, 0.05) is 40.8 Å². The molecule has 2 heterocycles. The summed E-state index contributed by atoms with van der Waals surface area (Å²) in [5.74, 6) is -6.54. The summed E-state index contributed by atoms with van der Waals surface area (Å²) in [4.78, 5) is 57.9. The van der Waals surface area contributed by atoms with Crippen molar-refractivity contribution in [2.45, 2.75) is 24.9 Å². The number of alkyl halides is 3. The number of allylic oxidation sites excluding steroid dienone is 6. The van der Waals surface area contributed by atoms with Gasteiger partial charge in [0.15, 0.2) is 17.4 Å². The summed E-state index contributed by atoms with van der Waals surface area (Å²) in [5.41, 5.74) is -0.147. The van der Waals surface area contributed by atoms with Gasteiger partial charge in [-0.2, -0.15) is 18.2 Å². The number of aromatic nitrogens is 1. The van der Waals surface area contributed by atoms with E-state index in [1.54, 1.807) is 6.08 Å². The molecule has 0 unspecified atom stereocenters. The minimum absolute atomic E-state index is 0.0329. The number of hydrogen-bond donors (Lipinski definition) is 1. The van der Waals surface area contributed by atoms with Crippen LogP contribution in [0, 0.1) is 17.8 Å². The molecule has 3 aliphatic carbocycles. The van der Waals surface area contributed by atoms with Crippen LogP contribution >= 0.6 is 39.1 Å². The molecule has 1 aromatic heterocycles. The zero-order chi connectivity index (χ0) is 31.1. The van der Waals surface area contributed by atoms with Gasteiger partial charge in [-0.25, -0.2) is 4.98 Å². The number of Topliss-reactive ketones (excluding diaryl/α,β-unsaturated/α-hetero) is 1. The number of imide groups is 1. The lowest BCUT2D eigenvalue weighted by Crippen LogP contribution is -2.46. The van der Waals surface area contributed by atoms with E-state index in [1.165, 1.54) is 25.2 Å². The van der Waals surface area contributed by atoms with Gasteiger partial charge < -0.3 is 5.11 Å². The van der Waals surface area contributed by atoms with Crippen LogP contribution in [0.2, 0.25) is 10.0 Å². The molecular weight excluding hydrogens is 678 g/mol. The summed E-state index contributed by atoms with van der Waals surface area (Å²) in [5, 5.41) is 12.5. The molecule has 1 aromatic carbocycles. The fourth-order valence-electron chi connectivity index (χ4n) is 6.51. The SMILES string of the molecule is CN(c1nc(C(F)(F)F)ccc1Cl)N1C(=O)[C@H]2[C@H](CC=C3[C@H](c4cc(Cl)ccc4O)C4=C(C[C@H]32)C(=O)C(Br)=CC4=O)C1=O. The number of hydrogen-bond acceptors (Lipinski definition) is 7. The summed E-state index contributed by atoms with van der Waals surface area (Å²) >= 11 is 15.6. The standard InChI is InChI=1S/C29H19BrCl2F3N3O5/c1-37(26-18(32)5-7-21(36-26)29(33,34)35)38-27(42)13-4-3-12-14(23(13)28(38)43)9-16-24(20(40)10-17(30)25(16)41)22(12)15-8-11(31)2-6-19(15)39/h2-3,5-8,10,13-14,22-23,39H,4,9H2,1H3/t13-,14+,22+,23-/m0/s1. The lowest BCUT2D eigenvalue weighted by Gasteiger charge is -2.42. The van der Waals surface area contributed by atoms with E-state index >= 15 is 0 Å². The number of halogens is 6. The second-order valence-electron chi connectivity index (χ2n) is 10.6. The molecule has 14 heteroatoms. The number of benzene rings is 1.